The number of carbonyl (C=O) groups is 1. The van der Waals surface area contributed by atoms with E-state index < -0.39 is 0 Å². The second-order valence-electron chi connectivity index (χ2n) is 2.21. The molecule has 4 heteroatoms. The lowest BCUT2D eigenvalue weighted by molar-refractivity contribution is 0.102. The summed E-state index contributed by atoms with van der Waals surface area (Å²) in [6, 6.07) is 5.66. The van der Waals surface area contributed by atoms with Crippen LogP contribution in [0, 0.1) is 3.57 Å². The summed E-state index contributed by atoms with van der Waals surface area (Å²) in [4.78, 5) is 11.2. The fourth-order valence-electron chi connectivity index (χ4n) is 0.792. The molecule has 0 atom stereocenters. The van der Waals surface area contributed by atoms with Crippen LogP contribution in [-0.2, 0) is 0 Å². The molecule has 1 aromatic carbocycles. The van der Waals surface area contributed by atoms with E-state index in [2.05, 4.69) is 54.5 Å². The molecule has 0 saturated carbocycles. The van der Waals surface area contributed by atoms with Gasteiger partial charge in [-0.3, -0.25) is 4.79 Å². The molecule has 12 heavy (non-hydrogen) atoms. The Morgan fingerprint density at radius 3 is 2.58 bits per heavy atom. The van der Waals surface area contributed by atoms with E-state index in [1.807, 2.05) is 18.2 Å². The molecule has 0 unspecified atom stereocenters. The summed E-state index contributed by atoms with van der Waals surface area (Å²) in [6.07, 6.45) is 0. The average Bonchev–Trinajstić information content (AvgIpc) is 2.01. The van der Waals surface area contributed by atoms with Crippen LogP contribution in [0.25, 0.3) is 0 Å². The SMILES string of the molecule is O=C(CBr)c1cc(Br)cc(I)c1. The zero-order valence-corrected chi connectivity index (χ0v) is 11.3. The topological polar surface area (TPSA) is 17.1 Å². The second kappa shape index (κ2) is 4.72. The highest BCUT2D eigenvalue weighted by Gasteiger charge is 2.04. The highest BCUT2D eigenvalue weighted by atomic mass is 127. The summed E-state index contributed by atoms with van der Waals surface area (Å²) in [5.41, 5.74) is 0.741. The molecule has 1 aromatic rings. The smallest absolute Gasteiger partial charge is 0.173 e. The minimum Gasteiger partial charge on any atom is -0.293 e. The lowest BCUT2D eigenvalue weighted by Gasteiger charge is -1.99. The van der Waals surface area contributed by atoms with E-state index in [1.165, 1.54) is 0 Å². The number of hydrogen-bond acceptors (Lipinski definition) is 1. The third-order valence-corrected chi connectivity index (χ3v) is 2.90. The fraction of sp³-hybridized carbons (Fsp3) is 0.125. The highest BCUT2D eigenvalue weighted by Crippen LogP contribution is 2.18. The van der Waals surface area contributed by atoms with Crippen LogP contribution in [0.4, 0.5) is 0 Å². The predicted molar refractivity (Wildman–Crippen MR) is 65.0 cm³/mol. The van der Waals surface area contributed by atoms with Crippen LogP contribution < -0.4 is 0 Å². The molecular weight excluding hydrogens is 399 g/mol. The Morgan fingerprint density at radius 2 is 2.08 bits per heavy atom. The van der Waals surface area contributed by atoms with Crippen molar-refractivity contribution in [3.8, 4) is 0 Å². The first-order valence-electron chi connectivity index (χ1n) is 3.18. The molecule has 0 radical (unpaired) electrons. The standard InChI is InChI=1S/C8H5Br2IO/c9-4-8(12)5-1-6(10)3-7(11)2-5/h1-3H,4H2. The van der Waals surface area contributed by atoms with E-state index in [9.17, 15) is 4.79 Å². The maximum atomic E-state index is 11.2. The van der Waals surface area contributed by atoms with Crippen molar-refractivity contribution < 1.29 is 4.79 Å². The van der Waals surface area contributed by atoms with Crippen molar-refractivity contribution in [2.75, 3.05) is 5.33 Å². The van der Waals surface area contributed by atoms with E-state index in [-0.39, 0.29) is 5.78 Å². The lowest BCUT2D eigenvalue weighted by atomic mass is 10.2. The Morgan fingerprint density at radius 1 is 1.42 bits per heavy atom. The average molecular weight is 404 g/mol. The van der Waals surface area contributed by atoms with Gasteiger partial charge in [-0.05, 0) is 40.8 Å². The van der Waals surface area contributed by atoms with Crippen molar-refractivity contribution in [2.24, 2.45) is 0 Å². The molecule has 0 fully saturated rings. The van der Waals surface area contributed by atoms with Gasteiger partial charge in [0.05, 0.1) is 5.33 Å². The van der Waals surface area contributed by atoms with Crippen LogP contribution in [0.1, 0.15) is 10.4 Å². The van der Waals surface area contributed by atoms with Crippen molar-refractivity contribution in [1.82, 2.24) is 0 Å². The number of hydrogen-bond donors (Lipinski definition) is 0. The molecule has 1 nitrogen and oxygen atoms in total. The van der Waals surface area contributed by atoms with Gasteiger partial charge in [-0.25, -0.2) is 0 Å². The van der Waals surface area contributed by atoms with Gasteiger partial charge in [-0.2, -0.15) is 0 Å². The molecule has 0 amide bonds. The predicted octanol–water partition coefficient (Wildman–Crippen LogP) is 3.63. The Bertz CT molecular complexity index is 292. The molecule has 0 N–H and O–H groups in total. The van der Waals surface area contributed by atoms with Gasteiger partial charge in [-0.15, -0.1) is 0 Å². The summed E-state index contributed by atoms with van der Waals surface area (Å²) < 4.78 is 2.00. The Balaban J connectivity index is 3.08. The summed E-state index contributed by atoms with van der Waals surface area (Å²) >= 11 is 8.65. The monoisotopic (exact) mass is 402 g/mol. The molecule has 0 aliphatic heterocycles. The van der Waals surface area contributed by atoms with Gasteiger partial charge < -0.3 is 0 Å². The minimum atomic E-state index is 0.106. The first kappa shape index (κ1) is 10.7. The number of alkyl halides is 1. The van der Waals surface area contributed by atoms with Gasteiger partial charge >= 0.3 is 0 Å². The van der Waals surface area contributed by atoms with Crippen molar-refractivity contribution in [3.63, 3.8) is 0 Å². The Kier molecular flexibility index (Phi) is 4.19. The molecule has 0 bridgehead atoms. The fourth-order valence-corrected chi connectivity index (χ4v) is 2.71. The number of benzene rings is 1. The summed E-state index contributed by atoms with van der Waals surface area (Å²) in [5, 5.41) is 0.375. The number of halogens is 3. The molecule has 64 valence electrons. The van der Waals surface area contributed by atoms with Crippen LogP contribution in [-0.4, -0.2) is 11.1 Å². The minimum absolute atomic E-state index is 0.106. The first-order valence-corrected chi connectivity index (χ1v) is 6.18. The van der Waals surface area contributed by atoms with Crippen LogP contribution in [0.5, 0.6) is 0 Å². The van der Waals surface area contributed by atoms with E-state index in [4.69, 9.17) is 0 Å². The molecule has 0 aliphatic carbocycles. The molecule has 0 aliphatic rings. The van der Waals surface area contributed by atoms with Gasteiger partial charge in [-0.1, -0.05) is 31.9 Å². The maximum Gasteiger partial charge on any atom is 0.173 e. The van der Waals surface area contributed by atoms with E-state index in [1.54, 1.807) is 0 Å². The normalized spacial score (nSPS) is 9.92. The van der Waals surface area contributed by atoms with Crippen molar-refractivity contribution in [3.05, 3.63) is 31.8 Å². The van der Waals surface area contributed by atoms with Gasteiger partial charge in [0.15, 0.2) is 5.78 Å². The largest absolute Gasteiger partial charge is 0.293 e. The van der Waals surface area contributed by atoms with Crippen LogP contribution in [0.3, 0.4) is 0 Å². The third-order valence-electron chi connectivity index (χ3n) is 1.31. The van der Waals surface area contributed by atoms with E-state index in [0.29, 0.717) is 5.33 Å². The van der Waals surface area contributed by atoms with Gasteiger partial charge in [0.2, 0.25) is 0 Å². The zero-order chi connectivity index (χ0) is 9.14. The molecule has 0 aromatic heterocycles. The van der Waals surface area contributed by atoms with Crippen molar-refractivity contribution in [1.29, 1.82) is 0 Å². The first-order chi connectivity index (χ1) is 5.63. The van der Waals surface area contributed by atoms with Crippen LogP contribution in [0.15, 0.2) is 22.7 Å². The third kappa shape index (κ3) is 2.81. The maximum absolute atomic E-state index is 11.2. The van der Waals surface area contributed by atoms with E-state index >= 15 is 0 Å². The molecular formula is C8H5Br2IO. The number of ketones is 1. The highest BCUT2D eigenvalue weighted by molar-refractivity contribution is 14.1. The van der Waals surface area contributed by atoms with Gasteiger partial charge in [0.1, 0.15) is 0 Å². The molecule has 1 rings (SSSR count). The number of rotatable bonds is 2. The Labute approximate surface area is 101 Å². The lowest BCUT2D eigenvalue weighted by Crippen LogP contribution is -1.99. The van der Waals surface area contributed by atoms with Crippen molar-refractivity contribution >= 4 is 60.2 Å². The Hall–Kier alpha value is 0.580. The van der Waals surface area contributed by atoms with Crippen molar-refractivity contribution in [2.45, 2.75) is 0 Å². The van der Waals surface area contributed by atoms with Crippen LogP contribution >= 0.6 is 54.5 Å². The molecule has 0 spiro atoms. The quantitative estimate of drug-likeness (QED) is 0.418. The van der Waals surface area contributed by atoms with Gasteiger partial charge in [0, 0.05) is 13.6 Å². The number of carbonyl (C=O) groups excluding carboxylic acids is 1. The second-order valence-corrected chi connectivity index (χ2v) is 4.94. The van der Waals surface area contributed by atoms with Gasteiger partial charge in [0.25, 0.3) is 0 Å². The van der Waals surface area contributed by atoms with E-state index in [0.717, 1.165) is 13.6 Å². The molecule has 0 saturated heterocycles. The zero-order valence-electron chi connectivity index (χ0n) is 5.98. The van der Waals surface area contributed by atoms with Crippen LogP contribution in [0.2, 0.25) is 0 Å². The summed E-state index contributed by atoms with van der Waals surface area (Å²) in [5.74, 6) is 0.106. The number of Topliss-reactive ketones (excluding diaryl/α,β-unsaturated/α-hetero) is 1. The summed E-state index contributed by atoms with van der Waals surface area (Å²) in [7, 11) is 0. The molecule has 0 heterocycles. The summed E-state index contributed by atoms with van der Waals surface area (Å²) in [6.45, 7) is 0.